The second-order valence-corrected chi connectivity index (χ2v) is 5.30. The third-order valence-corrected chi connectivity index (χ3v) is 3.24. The van der Waals surface area contributed by atoms with Crippen molar-refractivity contribution in [1.29, 1.82) is 0 Å². The maximum atomic E-state index is 12.1. The quantitative estimate of drug-likeness (QED) is 0.841. The molecule has 2 amide bonds. The largest absolute Gasteiger partial charge is 0.377 e. The van der Waals surface area contributed by atoms with Crippen molar-refractivity contribution in [2.45, 2.75) is 46.8 Å². The van der Waals surface area contributed by atoms with Gasteiger partial charge in [-0.1, -0.05) is 6.92 Å². The number of aromatic nitrogens is 1. The molecule has 21 heavy (non-hydrogen) atoms. The van der Waals surface area contributed by atoms with Crippen molar-refractivity contribution in [3.63, 3.8) is 0 Å². The third-order valence-electron chi connectivity index (χ3n) is 3.24. The number of nitrogens with zero attached hydrogens (tertiary/aromatic N) is 2. The molecule has 1 atom stereocenters. The van der Waals surface area contributed by atoms with Gasteiger partial charge in [0.05, 0.1) is 18.3 Å². The lowest BCUT2D eigenvalue weighted by Gasteiger charge is -2.21. The summed E-state index contributed by atoms with van der Waals surface area (Å²) in [7, 11) is 1.77. The van der Waals surface area contributed by atoms with Crippen LogP contribution in [-0.4, -0.2) is 42.2 Å². The number of pyridine rings is 1. The summed E-state index contributed by atoms with van der Waals surface area (Å²) in [5, 5.41) is 2.90. The Morgan fingerprint density at radius 1 is 1.38 bits per heavy atom. The summed E-state index contributed by atoms with van der Waals surface area (Å²) in [6.07, 6.45) is 0.961. The number of hydrogen-bond acceptors (Lipinski definition) is 3. The van der Waals surface area contributed by atoms with Gasteiger partial charge in [-0.3, -0.25) is 4.98 Å². The molecule has 0 aliphatic carbocycles. The van der Waals surface area contributed by atoms with Crippen molar-refractivity contribution in [1.82, 2.24) is 15.2 Å². The van der Waals surface area contributed by atoms with E-state index >= 15 is 0 Å². The highest BCUT2D eigenvalue weighted by atomic mass is 16.5. The van der Waals surface area contributed by atoms with Crippen molar-refractivity contribution in [2.24, 2.45) is 0 Å². The van der Waals surface area contributed by atoms with Gasteiger partial charge in [0.2, 0.25) is 0 Å². The Kier molecular flexibility index (Phi) is 7.15. The van der Waals surface area contributed by atoms with Gasteiger partial charge in [0, 0.05) is 25.9 Å². The molecule has 118 valence electrons. The van der Waals surface area contributed by atoms with Crippen LogP contribution in [0.4, 0.5) is 4.79 Å². The van der Waals surface area contributed by atoms with Gasteiger partial charge in [-0.25, -0.2) is 4.79 Å². The number of nitrogens with one attached hydrogen (secondary N) is 1. The first-order chi connectivity index (χ1) is 9.96. The van der Waals surface area contributed by atoms with E-state index in [9.17, 15) is 4.79 Å². The Labute approximate surface area is 127 Å². The molecule has 0 fully saturated rings. The lowest BCUT2D eigenvalue weighted by Crippen LogP contribution is -2.41. The Hall–Kier alpha value is -1.62. The number of ether oxygens (including phenoxy) is 1. The summed E-state index contributed by atoms with van der Waals surface area (Å²) >= 11 is 0. The summed E-state index contributed by atoms with van der Waals surface area (Å²) < 4.78 is 5.53. The van der Waals surface area contributed by atoms with E-state index < -0.39 is 0 Å². The minimum absolute atomic E-state index is 0.0756. The molecule has 1 N–H and O–H groups in total. The molecular weight excluding hydrogens is 266 g/mol. The molecule has 0 aromatic carbocycles. The van der Waals surface area contributed by atoms with Gasteiger partial charge in [0.25, 0.3) is 0 Å². The van der Waals surface area contributed by atoms with Gasteiger partial charge in [-0.15, -0.1) is 0 Å². The first-order valence-electron chi connectivity index (χ1n) is 7.51. The standard InChI is InChI=1S/C16H27N3O2/c1-6-15(21-7-2)10-17-16(20)19(5)11-14-9-12(3)8-13(4)18-14/h8-9,15H,6-7,10-11H2,1-5H3,(H,17,20)/t15-/m0/s1. The fourth-order valence-electron chi connectivity index (χ4n) is 2.21. The van der Waals surface area contributed by atoms with Crippen molar-refractivity contribution < 1.29 is 9.53 Å². The molecule has 5 heteroatoms. The minimum Gasteiger partial charge on any atom is -0.377 e. The third kappa shape index (κ3) is 6.12. The van der Waals surface area contributed by atoms with Gasteiger partial charge < -0.3 is 15.0 Å². The number of carbonyl (C=O) groups is 1. The molecule has 0 saturated heterocycles. The van der Waals surface area contributed by atoms with E-state index in [1.165, 1.54) is 0 Å². The highest BCUT2D eigenvalue weighted by molar-refractivity contribution is 5.73. The average molecular weight is 293 g/mol. The zero-order valence-corrected chi connectivity index (χ0v) is 13.8. The van der Waals surface area contributed by atoms with Crippen LogP contribution in [0.15, 0.2) is 12.1 Å². The Morgan fingerprint density at radius 2 is 2.10 bits per heavy atom. The molecule has 5 nitrogen and oxygen atoms in total. The predicted molar refractivity (Wildman–Crippen MR) is 84.3 cm³/mol. The van der Waals surface area contributed by atoms with E-state index in [-0.39, 0.29) is 12.1 Å². The predicted octanol–water partition coefficient (Wildman–Crippen LogP) is 2.65. The fraction of sp³-hybridized carbons (Fsp3) is 0.625. The molecule has 1 heterocycles. The Balaban J connectivity index is 2.50. The van der Waals surface area contributed by atoms with Gasteiger partial charge in [0.1, 0.15) is 0 Å². The van der Waals surface area contributed by atoms with E-state index in [0.29, 0.717) is 19.7 Å². The van der Waals surface area contributed by atoms with E-state index in [1.807, 2.05) is 32.9 Å². The monoisotopic (exact) mass is 293 g/mol. The topological polar surface area (TPSA) is 54.5 Å². The van der Waals surface area contributed by atoms with Gasteiger partial charge in [-0.2, -0.15) is 0 Å². The average Bonchev–Trinajstić information content (AvgIpc) is 2.41. The van der Waals surface area contributed by atoms with Gasteiger partial charge in [-0.05, 0) is 44.9 Å². The highest BCUT2D eigenvalue weighted by Crippen LogP contribution is 2.06. The van der Waals surface area contributed by atoms with E-state index in [4.69, 9.17) is 4.74 Å². The number of hydrogen-bond donors (Lipinski definition) is 1. The second kappa shape index (κ2) is 8.62. The van der Waals surface area contributed by atoms with E-state index in [2.05, 4.69) is 17.2 Å². The minimum atomic E-state index is -0.103. The van der Waals surface area contributed by atoms with E-state index in [1.54, 1.807) is 11.9 Å². The molecule has 1 aromatic heterocycles. The molecule has 0 bridgehead atoms. The number of aryl methyl sites for hydroxylation is 2. The summed E-state index contributed by atoms with van der Waals surface area (Å²) in [5.41, 5.74) is 3.04. The first-order valence-corrected chi connectivity index (χ1v) is 7.51. The Bertz CT molecular complexity index is 443. The van der Waals surface area contributed by atoms with Gasteiger partial charge in [0.15, 0.2) is 0 Å². The number of rotatable bonds is 7. The first kappa shape index (κ1) is 17.4. The van der Waals surface area contributed by atoms with Crippen LogP contribution in [-0.2, 0) is 11.3 Å². The van der Waals surface area contributed by atoms with E-state index in [0.717, 1.165) is 23.4 Å². The smallest absolute Gasteiger partial charge is 0.317 e. The molecule has 0 unspecified atom stereocenters. The summed E-state index contributed by atoms with van der Waals surface area (Å²) in [6.45, 7) is 9.71. The molecule has 1 rings (SSSR count). The molecule has 0 radical (unpaired) electrons. The van der Waals surface area contributed by atoms with Crippen LogP contribution in [0.5, 0.6) is 0 Å². The van der Waals surface area contributed by atoms with Crippen LogP contribution >= 0.6 is 0 Å². The Morgan fingerprint density at radius 3 is 2.67 bits per heavy atom. The number of urea groups is 1. The van der Waals surface area contributed by atoms with Crippen LogP contribution in [0.2, 0.25) is 0 Å². The number of amides is 2. The fourth-order valence-corrected chi connectivity index (χ4v) is 2.21. The second-order valence-electron chi connectivity index (χ2n) is 5.30. The summed E-state index contributed by atoms with van der Waals surface area (Å²) in [5.74, 6) is 0. The molecule has 0 saturated carbocycles. The molecule has 0 spiro atoms. The SMILES string of the molecule is CCO[C@@H](CC)CNC(=O)N(C)Cc1cc(C)cc(C)n1. The van der Waals surface area contributed by atoms with Crippen LogP contribution in [0, 0.1) is 13.8 Å². The maximum absolute atomic E-state index is 12.1. The van der Waals surface area contributed by atoms with Gasteiger partial charge >= 0.3 is 6.03 Å². The normalized spacial score (nSPS) is 12.0. The maximum Gasteiger partial charge on any atom is 0.317 e. The van der Waals surface area contributed by atoms with Crippen LogP contribution in [0.3, 0.4) is 0 Å². The van der Waals surface area contributed by atoms with Crippen LogP contribution < -0.4 is 5.32 Å². The summed E-state index contributed by atoms with van der Waals surface area (Å²) in [6, 6.07) is 3.93. The van der Waals surface area contributed by atoms with Crippen molar-refractivity contribution in [3.8, 4) is 0 Å². The van der Waals surface area contributed by atoms with Crippen molar-refractivity contribution >= 4 is 6.03 Å². The van der Waals surface area contributed by atoms with Crippen molar-refractivity contribution in [3.05, 3.63) is 29.1 Å². The molecule has 0 aliphatic rings. The zero-order valence-electron chi connectivity index (χ0n) is 13.8. The van der Waals surface area contributed by atoms with Crippen LogP contribution in [0.1, 0.15) is 37.2 Å². The molecule has 0 aliphatic heterocycles. The number of carbonyl (C=O) groups excluding carboxylic acids is 1. The highest BCUT2D eigenvalue weighted by Gasteiger charge is 2.12. The van der Waals surface area contributed by atoms with Crippen LogP contribution in [0.25, 0.3) is 0 Å². The molecule has 1 aromatic rings. The lowest BCUT2D eigenvalue weighted by molar-refractivity contribution is 0.0608. The summed E-state index contributed by atoms with van der Waals surface area (Å²) in [4.78, 5) is 18.2. The lowest BCUT2D eigenvalue weighted by atomic mass is 10.2. The van der Waals surface area contributed by atoms with Crippen molar-refractivity contribution in [2.75, 3.05) is 20.2 Å². The zero-order chi connectivity index (χ0) is 15.8. The molecular formula is C16H27N3O2.